The number of fused-ring (bicyclic) bond motifs is 1. The van der Waals surface area contributed by atoms with Crippen molar-refractivity contribution in [2.24, 2.45) is 5.41 Å². The predicted molar refractivity (Wildman–Crippen MR) is 84.2 cm³/mol. The standard InChI is InChI=1S/C16H21NO3S/c18-15-13-3-1-2-4-14(13)20-10-7-17(15)11-16(12-21)5-8-19-9-6-16/h1-4,21H,5-12H2. The maximum atomic E-state index is 12.8. The Balaban J connectivity index is 1.80. The summed E-state index contributed by atoms with van der Waals surface area (Å²) in [7, 11) is 0. The van der Waals surface area contributed by atoms with Gasteiger partial charge in [-0.1, -0.05) is 12.1 Å². The van der Waals surface area contributed by atoms with Gasteiger partial charge in [-0.25, -0.2) is 0 Å². The van der Waals surface area contributed by atoms with Gasteiger partial charge in [0.2, 0.25) is 0 Å². The van der Waals surface area contributed by atoms with Gasteiger partial charge in [-0.2, -0.15) is 12.6 Å². The summed E-state index contributed by atoms with van der Waals surface area (Å²) >= 11 is 4.54. The maximum Gasteiger partial charge on any atom is 0.257 e. The minimum absolute atomic E-state index is 0.0655. The summed E-state index contributed by atoms with van der Waals surface area (Å²) in [5, 5.41) is 0. The zero-order valence-electron chi connectivity index (χ0n) is 12.1. The van der Waals surface area contributed by atoms with E-state index in [1.54, 1.807) is 0 Å². The number of carbonyl (C=O) groups excluding carboxylic acids is 1. The van der Waals surface area contributed by atoms with Gasteiger partial charge in [0, 0.05) is 25.2 Å². The highest BCUT2D eigenvalue weighted by atomic mass is 32.1. The molecule has 1 aromatic carbocycles. The molecule has 2 aliphatic rings. The Morgan fingerprint density at radius 1 is 1.19 bits per heavy atom. The van der Waals surface area contributed by atoms with E-state index in [0.29, 0.717) is 24.5 Å². The van der Waals surface area contributed by atoms with Gasteiger partial charge in [-0.05, 0) is 30.7 Å². The third kappa shape index (κ3) is 3.04. The molecule has 0 saturated carbocycles. The van der Waals surface area contributed by atoms with Crippen molar-refractivity contribution in [2.45, 2.75) is 12.8 Å². The van der Waals surface area contributed by atoms with E-state index in [-0.39, 0.29) is 11.3 Å². The lowest BCUT2D eigenvalue weighted by atomic mass is 9.81. The highest BCUT2D eigenvalue weighted by molar-refractivity contribution is 7.80. The van der Waals surface area contributed by atoms with Gasteiger partial charge < -0.3 is 14.4 Å². The third-order valence-electron chi connectivity index (χ3n) is 4.44. The number of para-hydroxylation sites is 1. The normalized spacial score (nSPS) is 21.4. The summed E-state index contributed by atoms with van der Waals surface area (Å²) in [6.45, 7) is 3.42. The molecule has 1 aromatic rings. The van der Waals surface area contributed by atoms with E-state index in [4.69, 9.17) is 9.47 Å². The first-order valence-corrected chi connectivity index (χ1v) is 8.07. The van der Waals surface area contributed by atoms with Crippen molar-refractivity contribution >= 4 is 18.5 Å². The van der Waals surface area contributed by atoms with Crippen LogP contribution in [0.1, 0.15) is 23.2 Å². The van der Waals surface area contributed by atoms with Crippen molar-refractivity contribution < 1.29 is 14.3 Å². The van der Waals surface area contributed by atoms with E-state index >= 15 is 0 Å². The summed E-state index contributed by atoms with van der Waals surface area (Å²) in [6, 6.07) is 7.48. The first-order valence-electron chi connectivity index (χ1n) is 7.44. The lowest BCUT2D eigenvalue weighted by Gasteiger charge is -2.39. The van der Waals surface area contributed by atoms with Crippen molar-refractivity contribution in [3.63, 3.8) is 0 Å². The largest absolute Gasteiger partial charge is 0.491 e. The van der Waals surface area contributed by atoms with Gasteiger partial charge in [0.25, 0.3) is 5.91 Å². The molecule has 1 fully saturated rings. The number of benzene rings is 1. The molecular formula is C16H21NO3S. The van der Waals surface area contributed by atoms with Crippen LogP contribution in [0.15, 0.2) is 24.3 Å². The average Bonchev–Trinajstić information content (AvgIpc) is 2.69. The minimum atomic E-state index is 0.0655. The molecule has 0 bridgehead atoms. The van der Waals surface area contributed by atoms with Crippen LogP contribution in [-0.4, -0.2) is 49.5 Å². The molecule has 1 saturated heterocycles. The summed E-state index contributed by atoms with van der Waals surface area (Å²) in [6.07, 6.45) is 1.92. The number of hydrogen-bond acceptors (Lipinski definition) is 4. The second kappa shape index (κ2) is 6.28. The number of hydrogen-bond donors (Lipinski definition) is 1. The molecule has 0 atom stereocenters. The smallest absolute Gasteiger partial charge is 0.257 e. The zero-order valence-corrected chi connectivity index (χ0v) is 13.0. The quantitative estimate of drug-likeness (QED) is 0.871. The molecule has 3 rings (SSSR count). The number of amides is 1. The molecule has 0 aromatic heterocycles. The summed E-state index contributed by atoms with van der Waals surface area (Å²) in [4.78, 5) is 14.7. The molecular weight excluding hydrogens is 286 g/mol. The van der Waals surface area contributed by atoms with Crippen LogP contribution < -0.4 is 4.74 Å². The summed E-state index contributed by atoms with van der Waals surface area (Å²) < 4.78 is 11.2. The molecule has 114 valence electrons. The Hall–Kier alpha value is -1.20. The number of ether oxygens (including phenoxy) is 2. The number of rotatable bonds is 3. The Labute approximate surface area is 130 Å². The van der Waals surface area contributed by atoms with Crippen molar-refractivity contribution in [1.29, 1.82) is 0 Å². The first kappa shape index (κ1) is 14.7. The Kier molecular flexibility index (Phi) is 4.40. The van der Waals surface area contributed by atoms with Crippen LogP contribution in [0.5, 0.6) is 5.75 Å². The molecule has 4 nitrogen and oxygen atoms in total. The van der Waals surface area contributed by atoms with E-state index in [1.807, 2.05) is 29.2 Å². The van der Waals surface area contributed by atoms with Gasteiger partial charge >= 0.3 is 0 Å². The third-order valence-corrected chi connectivity index (χ3v) is 5.11. The predicted octanol–water partition coefficient (Wildman–Crippen LogP) is 2.25. The molecule has 0 spiro atoms. The van der Waals surface area contributed by atoms with Crippen LogP contribution in [0.4, 0.5) is 0 Å². The fraction of sp³-hybridized carbons (Fsp3) is 0.562. The number of nitrogens with zero attached hydrogens (tertiary/aromatic N) is 1. The van der Waals surface area contributed by atoms with Crippen LogP contribution in [0.2, 0.25) is 0 Å². The lowest BCUT2D eigenvalue weighted by molar-refractivity contribution is 0.00765. The van der Waals surface area contributed by atoms with Gasteiger partial charge in [0.05, 0.1) is 12.1 Å². The number of thiol groups is 1. The molecule has 1 amide bonds. The van der Waals surface area contributed by atoms with Gasteiger partial charge in [-0.3, -0.25) is 4.79 Å². The van der Waals surface area contributed by atoms with Crippen LogP contribution >= 0.6 is 12.6 Å². The van der Waals surface area contributed by atoms with E-state index in [9.17, 15) is 4.79 Å². The fourth-order valence-electron chi connectivity index (χ4n) is 3.03. The molecule has 2 heterocycles. The lowest BCUT2D eigenvalue weighted by Crippen LogP contribution is -2.45. The van der Waals surface area contributed by atoms with Crippen molar-refractivity contribution in [2.75, 3.05) is 38.7 Å². The second-order valence-corrected chi connectivity index (χ2v) is 6.16. The molecule has 21 heavy (non-hydrogen) atoms. The molecule has 2 aliphatic heterocycles. The molecule has 0 N–H and O–H groups in total. The highest BCUT2D eigenvalue weighted by Crippen LogP contribution is 2.34. The second-order valence-electron chi connectivity index (χ2n) is 5.84. The first-order chi connectivity index (χ1) is 10.2. The summed E-state index contributed by atoms with van der Waals surface area (Å²) in [5.74, 6) is 1.54. The van der Waals surface area contributed by atoms with E-state index < -0.39 is 0 Å². The SMILES string of the molecule is O=C1c2ccccc2OCCN1CC1(CS)CCOCC1. The van der Waals surface area contributed by atoms with Gasteiger partial charge in [0.15, 0.2) is 0 Å². The Morgan fingerprint density at radius 3 is 2.71 bits per heavy atom. The van der Waals surface area contributed by atoms with Gasteiger partial charge in [0.1, 0.15) is 12.4 Å². The fourth-order valence-corrected chi connectivity index (χ4v) is 3.45. The van der Waals surface area contributed by atoms with Crippen LogP contribution in [0.3, 0.4) is 0 Å². The van der Waals surface area contributed by atoms with E-state index in [1.165, 1.54) is 0 Å². The minimum Gasteiger partial charge on any atom is -0.491 e. The van der Waals surface area contributed by atoms with Crippen molar-refractivity contribution in [1.82, 2.24) is 4.90 Å². The van der Waals surface area contributed by atoms with Gasteiger partial charge in [-0.15, -0.1) is 0 Å². The Morgan fingerprint density at radius 2 is 1.95 bits per heavy atom. The average molecular weight is 307 g/mol. The van der Waals surface area contributed by atoms with Crippen LogP contribution in [0, 0.1) is 5.41 Å². The van der Waals surface area contributed by atoms with Crippen LogP contribution in [0.25, 0.3) is 0 Å². The Bertz CT molecular complexity index is 514. The molecule has 0 radical (unpaired) electrons. The summed E-state index contributed by atoms with van der Waals surface area (Å²) in [5.41, 5.74) is 0.729. The zero-order chi connectivity index (χ0) is 14.7. The molecule has 5 heteroatoms. The monoisotopic (exact) mass is 307 g/mol. The maximum absolute atomic E-state index is 12.8. The number of carbonyl (C=O) groups is 1. The van der Waals surface area contributed by atoms with E-state index in [0.717, 1.165) is 38.4 Å². The van der Waals surface area contributed by atoms with Crippen LogP contribution in [-0.2, 0) is 4.74 Å². The molecule has 0 aliphatic carbocycles. The topological polar surface area (TPSA) is 38.8 Å². The van der Waals surface area contributed by atoms with E-state index in [2.05, 4.69) is 12.6 Å². The molecule has 0 unspecified atom stereocenters. The highest BCUT2D eigenvalue weighted by Gasteiger charge is 2.36. The van der Waals surface area contributed by atoms with Crippen molar-refractivity contribution in [3.05, 3.63) is 29.8 Å². The van der Waals surface area contributed by atoms with Crippen molar-refractivity contribution in [3.8, 4) is 5.75 Å².